The fourth-order valence-corrected chi connectivity index (χ4v) is 3.81. The van der Waals surface area contributed by atoms with Crippen LogP contribution in [0.2, 0.25) is 0 Å². The van der Waals surface area contributed by atoms with Crippen LogP contribution in [-0.4, -0.2) is 45.3 Å². The van der Waals surface area contributed by atoms with Crippen LogP contribution < -0.4 is 5.32 Å². The number of nitrogens with one attached hydrogen (secondary N) is 1. The van der Waals surface area contributed by atoms with Crippen molar-refractivity contribution in [1.29, 1.82) is 0 Å². The van der Waals surface area contributed by atoms with Crippen LogP contribution >= 0.6 is 11.3 Å². The summed E-state index contributed by atoms with van der Waals surface area (Å²) in [6.07, 6.45) is 5.90. The first-order valence-corrected chi connectivity index (χ1v) is 8.20. The number of aromatic nitrogens is 3. The summed E-state index contributed by atoms with van der Waals surface area (Å²) in [7, 11) is 1.57. The van der Waals surface area contributed by atoms with Crippen LogP contribution in [0.5, 0.6) is 0 Å². The van der Waals surface area contributed by atoms with Crippen molar-refractivity contribution in [3.05, 3.63) is 40.4 Å². The number of nitrogens with zero attached hydrogens (tertiary/aromatic N) is 4. The largest absolute Gasteiger partial charge is 0.357 e. The van der Waals surface area contributed by atoms with Gasteiger partial charge >= 0.3 is 0 Å². The molecule has 1 aliphatic heterocycles. The van der Waals surface area contributed by atoms with Gasteiger partial charge in [0.15, 0.2) is 5.54 Å². The Morgan fingerprint density at radius 3 is 2.78 bits per heavy atom. The number of carbonyl (C=O) groups is 2. The van der Waals surface area contributed by atoms with E-state index < -0.39 is 5.54 Å². The van der Waals surface area contributed by atoms with Crippen molar-refractivity contribution in [2.24, 2.45) is 0 Å². The quantitative estimate of drug-likeness (QED) is 0.910. The molecule has 0 radical (unpaired) electrons. The summed E-state index contributed by atoms with van der Waals surface area (Å²) in [4.78, 5) is 40.4. The smallest absolute Gasteiger partial charge is 0.267 e. The molecule has 2 aromatic rings. The van der Waals surface area contributed by atoms with Crippen LogP contribution in [0.1, 0.15) is 33.9 Å². The van der Waals surface area contributed by atoms with Crippen molar-refractivity contribution >= 4 is 23.2 Å². The van der Waals surface area contributed by atoms with Gasteiger partial charge in [0.05, 0.1) is 23.1 Å². The van der Waals surface area contributed by atoms with Crippen molar-refractivity contribution in [3.63, 3.8) is 0 Å². The number of likely N-dealkylation sites (tertiary alicyclic amines) is 1. The number of hydrogen-bond donors (Lipinski definition) is 1. The second kappa shape index (κ2) is 6.04. The molecule has 1 fully saturated rings. The van der Waals surface area contributed by atoms with Gasteiger partial charge < -0.3 is 10.2 Å². The number of likely N-dealkylation sites (N-methyl/N-ethyl adjacent to an activating group) is 1. The average molecular weight is 331 g/mol. The Kier molecular flexibility index (Phi) is 4.08. The van der Waals surface area contributed by atoms with E-state index in [4.69, 9.17) is 0 Å². The Bertz CT molecular complexity index is 732. The molecule has 1 N–H and O–H groups in total. The topological polar surface area (TPSA) is 88.1 Å². The Morgan fingerprint density at radius 2 is 2.17 bits per heavy atom. The van der Waals surface area contributed by atoms with E-state index in [-0.39, 0.29) is 11.8 Å². The van der Waals surface area contributed by atoms with Gasteiger partial charge in [-0.1, -0.05) is 0 Å². The standard InChI is InChI=1S/C15H17N5O2S/c1-10-12(23-9-19-10)13(21)20-7-3-4-15(20,14(22)16-2)11-8-17-5-6-18-11/h5-6,8-9H,3-4,7H2,1-2H3,(H,16,22)/t15-/m1/s1. The van der Waals surface area contributed by atoms with Crippen LogP contribution in [0.3, 0.4) is 0 Å². The second-order valence-corrected chi connectivity index (χ2v) is 6.21. The van der Waals surface area contributed by atoms with Gasteiger partial charge in [-0.2, -0.15) is 0 Å². The van der Waals surface area contributed by atoms with E-state index in [1.54, 1.807) is 43.0 Å². The maximum absolute atomic E-state index is 13.0. The predicted molar refractivity (Wildman–Crippen MR) is 84.9 cm³/mol. The molecule has 120 valence electrons. The third kappa shape index (κ3) is 2.39. The minimum absolute atomic E-state index is 0.184. The number of thiazole rings is 1. The average Bonchev–Trinajstić information content (AvgIpc) is 3.21. The fourth-order valence-electron chi connectivity index (χ4n) is 3.06. The fraction of sp³-hybridized carbons (Fsp3) is 0.400. The van der Waals surface area contributed by atoms with Crippen LogP contribution in [-0.2, 0) is 10.3 Å². The third-order valence-electron chi connectivity index (χ3n) is 4.16. The highest BCUT2D eigenvalue weighted by Gasteiger charge is 2.52. The molecular formula is C15H17N5O2S. The highest BCUT2D eigenvalue weighted by Crippen LogP contribution is 2.39. The molecule has 2 aromatic heterocycles. The van der Waals surface area contributed by atoms with Gasteiger partial charge in [0.1, 0.15) is 4.88 Å². The molecule has 0 bridgehead atoms. The Morgan fingerprint density at radius 1 is 1.35 bits per heavy atom. The van der Waals surface area contributed by atoms with Crippen LogP contribution in [0.15, 0.2) is 24.1 Å². The van der Waals surface area contributed by atoms with E-state index >= 15 is 0 Å². The first-order chi connectivity index (χ1) is 11.1. The van der Waals surface area contributed by atoms with Gasteiger partial charge in [-0.25, -0.2) is 4.98 Å². The van der Waals surface area contributed by atoms with E-state index in [9.17, 15) is 9.59 Å². The third-order valence-corrected chi connectivity index (χ3v) is 5.07. The lowest BCUT2D eigenvalue weighted by molar-refractivity contribution is -0.131. The molecule has 3 rings (SSSR count). The van der Waals surface area contributed by atoms with E-state index in [0.29, 0.717) is 29.2 Å². The molecule has 7 nitrogen and oxygen atoms in total. The molecule has 1 saturated heterocycles. The summed E-state index contributed by atoms with van der Waals surface area (Å²) in [5, 5.41) is 2.68. The van der Waals surface area contributed by atoms with Gasteiger partial charge in [-0.3, -0.25) is 19.6 Å². The molecule has 0 unspecified atom stereocenters. The Balaban J connectivity index is 2.10. The van der Waals surface area contributed by atoms with Crippen LogP contribution in [0.4, 0.5) is 0 Å². The lowest BCUT2D eigenvalue weighted by atomic mass is 9.90. The molecule has 2 amide bonds. The van der Waals surface area contributed by atoms with Gasteiger partial charge in [0.2, 0.25) is 0 Å². The molecule has 0 aliphatic carbocycles. The minimum Gasteiger partial charge on any atom is -0.357 e. The first-order valence-electron chi connectivity index (χ1n) is 7.32. The zero-order valence-electron chi connectivity index (χ0n) is 12.9. The van der Waals surface area contributed by atoms with Crippen molar-refractivity contribution in [2.45, 2.75) is 25.3 Å². The van der Waals surface area contributed by atoms with E-state index in [1.807, 2.05) is 0 Å². The Labute approximate surface area is 137 Å². The van der Waals surface area contributed by atoms with E-state index in [2.05, 4.69) is 20.3 Å². The molecular weight excluding hydrogens is 314 g/mol. The zero-order chi connectivity index (χ0) is 16.4. The minimum atomic E-state index is -1.11. The highest BCUT2D eigenvalue weighted by atomic mass is 32.1. The van der Waals surface area contributed by atoms with Gasteiger partial charge in [0.25, 0.3) is 11.8 Å². The lowest BCUT2D eigenvalue weighted by Gasteiger charge is -2.35. The highest BCUT2D eigenvalue weighted by molar-refractivity contribution is 7.11. The molecule has 0 aromatic carbocycles. The molecule has 3 heterocycles. The number of rotatable bonds is 3. The maximum Gasteiger partial charge on any atom is 0.267 e. The van der Waals surface area contributed by atoms with Gasteiger partial charge in [-0.15, -0.1) is 11.3 Å². The molecule has 8 heteroatoms. The summed E-state index contributed by atoms with van der Waals surface area (Å²) in [6.45, 7) is 2.30. The summed E-state index contributed by atoms with van der Waals surface area (Å²) in [6, 6.07) is 0. The van der Waals surface area contributed by atoms with Gasteiger partial charge in [0, 0.05) is 26.0 Å². The molecule has 0 saturated carbocycles. The van der Waals surface area contributed by atoms with E-state index in [0.717, 1.165) is 6.42 Å². The van der Waals surface area contributed by atoms with Crippen molar-refractivity contribution < 1.29 is 9.59 Å². The van der Waals surface area contributed by atoms with Crippen molar-refractivity contribution in [2.75, 3.05) is 13.6 Å². The lowest BCUT2D eigenvalue weighted by Crippen LogP contribution is -2.54. The number of amides is 2. The van der Waals surface area contributed by atoms with Crippen LogP contribution in [0.25, 0.3) is 0 Å². The number of hydrogen-bond acceptors (Lipinski definition) is 6. The monoisotopic (exact) mass is 331 g/mol. The second-order valence-electron chi connectivity index (χ2n) is 5.36. The molecule has 0 spiro atoms. The summed E-state index contributed by atoms with van der Waals surface area (Å²) < 4.78 is 0. The van der Waals surface area contributed by atoms with Crippen LogP contribution in [0, 0.1) is 6.92 Å². The summed E-state index contributed by atoms with van der Waals surface area (Å²) >= 11 is 1.29. The van der Waals surface area contributed by atoms with Gasteiger partial charge in [-0.05, 0) is 19.8 Å². The first kappa shape index (κ1) is 15.5. The molecule has 23 heavy (non-hydrogen) atoms. The Hall–Kier alpha value is -2.35. The van der Waals surface area contributed by atoms with Crippen molar-refractivity contribution in [1.82, 2.24) is 25.2 Å². The van der Waals surface area contributed by atoms with E-state index in [1.165, 1.54) is 11.3 Å². The van der Waals surface area contributed by atoms with Crippen molar-refractivity contribution in [3.8, 4) is 0 Å². The maximum atomic E-state index is 13.0. The molecule has 1 aliphatic rings. The SMILES string of the molecule is CNC(=O)[C@]1(c2cnccn2)CCCN1C(=O)c1scnc1C. The number of aryl methyl sites for hydroxylation is 1. The normalized spacial score (nSPS) is 20.5. The zero-order valence-corrected chi connectivity index (χ0v) is 13.8. The predicted octanol–water partition coefficient (Wildman–Crippen LogP) is 1.12. The molecule has 1 atom stereocenters. The number of carbonyl (C=O) groups excluding carboxylic acids is 2. The summed E-state index contributed by atoms with van der Waals surface area (Å²) in [5.41, 5.74) is 1.70. The summed E-state index contributed by atoms with van der Waals surface area (Å²) in [5.74, 6) is -0.428.